The molecule has 0 aliphatic carbocycles. The second kappa shape index (κ2) is 6.74. The smallest absolute Gasteiger partial charge is 0.258 e. The van der Waals surface area contributed by atoms with E-state index in [2.05, 4.69) is 20.5 Å². The first-order valence-corrected chi connectivity index (χ1v) is 7.28. The monoisotopic (exact) mass is 320 g/mol. The first-order chi connectivity index (χ1) is 11.2. The van der Waals surface area contributed by atoms with E-state index in [4.69, 9.17) is 9.47 Å². The zero-order valence-electron chi connectivity index (χ0n) is 12.6. The van der Waals surface area contributed by atoms with Crippen molar-refractivity contribution in [3.8, 4) is 5.75 Å². The number of aromatic amines is 1. The number of halogens is 1. The number of rotatable bonds is 5. The van der Waals surface area contributed by atoms with Crippen LogP contribution in [0.1, 0.15) is 28.7 Å². The molecule has 2 N–H and O–H groups in total. The fraction of sp³-hybridized carbons (Fsp3) is 0.400. The summed E-state index contributed by atoms with van der Waals surface area (Å²) in [5, 5.41) is 9.33. The normalized spacial score (nSPS) is 20.4. The van der Waals surface area contributed by atoms with Crippen molar-refractivity contribution in [2.24, 2.45) is 5.92 Å². The molecule has 23 heavy (non-hydrogen) atoms. The number of aromatic nitrogens is 3. The molecule has 0 unspecified atom stereocenters. The second-order valence-corrected chi connectivity index (χ2v) is 5.24. The van der Waals surface area contributed by atoms with Crippen LogP contribution in [0.25, 0.3) is 0 Å². The summed E-state index contributed by atoms with van der Waals surface area (Å²) in [7, 11) is 1.40. The van der Waals surface area contributed by atoms with Gasteiger partial charge in [-0.25, -0.2) is 9.37 Å². The molecular weight excluding hydrogens is 303 g/mol. The summed E-state index contributed by atoms with van der Waals surface area (Å²) >= 11 is 0. The molecule has 1 amide bonds. The van der Waals surface area contributed by atoms with Gasteiger partial charge in [0.1, 0.15) is 29.6 Å². The number of carbonyl (C=O) groups is 1. The number of benzene rings is 1. The first-order valence-electron chi connectivity index (χ1n) is 7.28. The van der Waals surface area contributed by atoms with E-state index in [0.717, 1.165) is 6.42 Å². The van der Waals surface area contributed by atoms with Crippen molar-refractivity contribution in [2.75, 3.05) is 20.3 Å². The van der Waals surface area contributed by atoms with Gasteiger partial charge in [0, 0.05) is 19.1 Å². The van der Waals surface area contributed by atoms with Gasteiger partial charge in [0.2, 0.25) is 0 Å². The lowest BCUT2D eigenvalue weighted by Gasteiger charge is -2.17. The number of ether oxygens (including phenoxy) is 2. The average Bonchev–Trinajstić information content (AvgIpc) is 3.22. The minimum atomic E-state index is -0.615. The Morgan fingerprint density at radius 3 is 3.17 bits per heavy atom. The molecule has 0 radical (unpaired) electrons. The van der Waals surface area contributed by atoms with Crippen molar-refractivity contribution in [1.82, 2.24) is 20.5 Å². The van der Waals surface area contributed by atoms with E-state index >= 15 is 0 Å². The molecule has 1 aromatic carbocycles. The van der Waals surface area contributed by atoms with E-state index in [1.165, 1.54) is 25.6 Å². The molecule has 3 rings (SSSR count). The van der Waals surface area contributed by atoms with Gasteiger partial charge >= 0.3 is 0 Å². The molecule has 1 saturated heterocycles. The van der Waals surface area contributed by atoms with Crippen molar-refractivity contribution < 1.29 is 18.7 Å². The predicted octanol–water partition coefficient (Wildman–Crippen LogP) is 1.46. The highest BCUT2D eigenvalue weighted by Gasteiger charge is 2.32. The van der Waals surface area contributed by atoms with E-state index in [1.54, 1.807) is 6.07 Å². The Labute approximate surface area is 132 Å². The maximum absolute atomic E-state index is 13.9. The SMILES string of the molecule is COc1cccc(F)c1C(=O)NC[C@@H]1CCO[C@@H]1c1ncn[nH]1. The van der Waals surface area contributed by atoms with Crippen LogP contribution in [0.5, 0.6) is 5.75 Å². The van der Waals surface area contributed by atoms with Crippen molar-refractivity contribution in [3.63, 3.8) is 0 Å². The van der Waals surface area contributed by atoms with E-state index in [0.29, 0.717) is 19.0 Å². The number of H-pyrrole nitrogens is 1. The van der Waals surface area contributed by atoms with E-state index < -0.39 is 11.7 Å². The highest BCUT2D eigenvalue weighted by Crippen LogP contribution is 2.32. The van der Waals surface area contributed by atoms with Gasteiger partial charge in [0.05, 0.1) is 7.11 Å². The van der Waals surface area contributed by atoms with E-state index in [9.17, 15) is 9.18 Å². The first kappa shape index (κ1) is 15.4. The molecule has 8 heteroatoms. The molecule has 0 spiro atoms. The summed E-state index contributed by atoms with van der Waals surface area (Å²) in [6.07, 6.45) is 1.94. The van der Waals surface area contributed by atoms with Gasteiger partial charge in [-0.2, -0.15) is 5.10 Å². The lowest BCUT2D eigenvalue weighted by atomic mass is 10.0. The standard InChI is InChI=1S/C15H17FN4O3/c1-22-11-4-2-3-10(16)12(11)15(21)17-7-9-5-6-23-13(9)14-18-8-19-20-14/h2-4,8-9,13H,5-7H2,1H3,(H,17,21)(H,18,19,20)/t9-,13-/m0/s1. The number of nitrogens with one attached hydrogen (secondary N) is 2. The Kier molecular flexibility index (Phi) is 4.52. The number of hydrogen-bond donors (Lipinski definition) is 2. The van der Waals surface area contributed by atoms with E-state index in [-0.39, 0.29) is 23.3 Å². The molecule has 2 heterocycles. The Balaban J connectivity index is 1.67. The number of amides is 1. The Morgan fingerprint density at radius 1 is 1.57 bits per heavy atom. The van der Waals surface area contributed by atoms with E-state index in [1.807, 2.05) is 0 Å². The van der Waals surface area contributed by atoms with Crippen LogP contribution in [0.3, 0.4) is 0 Å². The van der Waals surface area contributed by atoms with Crippen LogP contribution >= 0.6 is 0 Å². The Morgan fingerprint density at radius 2 is 2.43 bits per heavy atom. The van der Waals surface area contributed by atoms with Crippen LogP contribution in [0, 0.1) is 11.7 Å². The predicted molar refractivity (Wildman–Crippen MR) is 78.5 cm³/mol. The van der Waals surface area contributed by atoms with Gasteiger partial charge in [-0.3, -0.25) is 9.89 Å². The summed E-state index contributed by atoms with van der Waals surface area (Å²) in [5.74, 6) is -0.244. The molecular formula is C15H17FN4O3. The largest absolute Gasteiger partial charge is 0.496 e. The van der Waals surface area contributed by atoms with Crippen LogP contribution in [0.2, 0.25) is 0 Å². The molecule has 2 atom stereocenters. The van der Waals surface area contributed by atoms with Crippen LogP contribution < -0.4 is 10.1 Å². The molecule has 0 bridgehead atoms. The van der Waals surface area contributed by atoms with Crippen LogP contribution in [0.15, 0.2) is 24.5 Å². The summed E-state index contributed by atoms with van der Waals surface area (Å²) in [6.45, 7) is 0.927. The quantitative estimate of drug-likeness (QED) is 0.870. The van der Waals surface area contributed by atoms with Gasteiger partial charge in [0.25, 0.3) is 5.91 Å². The maximum atomic E-state index is 13.9. The zero-order valence-corrected chi connectivity index (χ0v) is 12.6. The van der Waals surface area contributed by atoms with Crippen LogP contribution in [-0.2, 0) is 4.74 Å². The molecule has 1 fully saturated rings. The van der Waals surface area contributed by atoms with Gasteiger partial charge < -0.3 is 14.8 Å². The van der Waals surface area contributed by atoms with Gasteiger partial charge in [-0.05, 0) is 18.6 Å². The van der Waals surface area contributed by atoms with Gasteiger partial charge in [0.15, 0.2) is 5.82 Å². The highest BCUT2D eigenvalue weighted by molar-refractivity contribution is 5.97. The molecule has 1 aliphatic heterocycles. The zero-order chi connectivity index (χ0) is 16.2. The number of nitrogens with zero attached hydrogens (tertiary/aromatic N) is 2. The van der Waals surface area contributed by atoms with Crippen molar-refractivity contribution in [2.45, 2.75) is 12.5 Å². The fourth-order valence-corrected chi connectivity index (χ4v) is 2.70. The lowest BCUT2D eigenvalue weighted by Crippen LogP contribution is -2.31. The maximum Gasteiger partial charge on any atom is 0.258 e. The second-order valence-electron chi connectivity index (χ2n) is 5.24. The fourth-order valence-electron chi connectivity index (χ4n) is 2.70. The highest BCUT2D eigenvalue weighted by atomic mass is 19.1. The van der Waals surface area contributed by atoms with Crippen LogP contribution in [0.4, 0.5) is 4.39 Å². The molecule has 2 aromatic rings. The number of carbonyl (C=O) groups excluding carboxylic acids is 1. The molecule has 122 valence electrons. The number of methoxy groups -OCH3 is 1. The van der Waals surface area contributed by atoms with Crippen molar-refractivity contribution >= 4 is 5.91 Å². The Hall–Kier alpha value is -2.48. The molecule has 7 nitrogen and oxygen atoms in total. The number of hydrogen-bond acceptors (Lipinski definition) is 5. The third-order valence-electron chi connectivity index (χ3n) is 3.86. The third-order valence-corrected chi connectivity index (χ3v) is 3.86. The lowest BCUT2D eigenvalue weighted by molar-refractivity contribution is 0.0797. The molecule has 1 aliphatic rings. The minimum Gasteiger partial charge on any atom is -0.496 e. The Bertz CT molecular complexity index is 677. The molecule has 0 saturated carbocycles. The summed E-state index contributed by atoms with van der Waals surface area (Å²) < 4.78 is 24.6. The summed E-state index contributed by atoms with van der Waals surface area (Å²) in [4.78, 5) is 16.4. The summed E-state index contributed by atoms with van der Waals surface area (Å²) in [5.41, 5.74) is -0.0925. The average molecular weight is 320 g/mol. The minimum absolute atomic E-state index is 0.0460. The van der Waals surface area contributed by atoms with Crippen molar-refractivity contribution in [1.29, 1.82) is 0 Å². The van der Waals surface area contributed by atoms with Crippen LogP contribution in [-0.4, -0.2) is 41.3 Å². The van der Waals surface area contributed by atoms with Gasteiger partial charge in [-0.15, -0.1) is 0 Å². The third kappa shape index (κ3) is 3.16. The summed E-state index contributed by atoms with van der Waals surface area (Å²) in [6, 6.07) is 4.27. The molecule has 1 aromatic heterocycles. The topological polar surface area (TPSA) is 89.1 Å². The van der Waals surface area contributed by atoms with Gasteiger partial charge in [-0.1, -0.05) is 6.07 Å². The van der Waals surface area contributed by atoms with Crippen molar-refractivity contribution in [3.05, 3.63) is 41.7 Å².